The number of anilines is 1. The summed E-state index contributed by atoms with van der Waals surface area (Å²) in [6.07, 6.45) is 3.49. The number of aliphatic hydroxyl groups excluding tert-OH is 1. The van der Waals surface area contributed by atoms with Gasteiger partial charge in [-0.05, 0) is 43.8 Å². The largest absolute Gasteiger partial charge is 0.486 e. The molecule has 0 aliphatic carbocycles. The lowest BCUT2D eigenvalue weighted by Crippen LogP contribution is -2.49. The van der Waals surface area contributed by atoms with Crippen molar-refractivity contribution >= 4 is 11.6 Å². The molecule has 0 unspecified atom stereocenters. The number of rotatable bonds is 7. The van der Waals surface area contributed by atoms with E-state index in [9.17, 15) is 9.90 Å². The summed E-state index contributed by atoms with van der Waals surface area (Å²) >= 11 is 0. The van der Waals surface area contributed by atoms with Crippen molar-refractivity contribution in [3.05, 3.63) is 53.9 Å². The molecule has 1 aromatic heterocycles. The summed E-state index contributed by atoms with van der Waals surface area (Å²) in [7, 11) is 5.97. The molecular formula is C24H34N4O3. The Labute approximate surface area is 185 Å². The van der Waals surface area contributed by atoms with Crippen molar-refractivity contribution in [1.82, 2.24) is 14.8 Å². The number of aromatic nitrogens is 1. The van der Waals surface area contributed by atoms with Crippen LogP contribution >= 0.6 is 0 Å². The minimum atomic E-state index is -0.265. The van der Waals surface area contributed by atoms with Crippen LogP contribution in [0.15, 0.2) is 42.7 Å². The summed E-state index contributed by atoms with van der Waals surface area (Å²) in [5.74, 6) is 0.596. The summed E-state index contributed by atoms with van der Waals surface area (Å²) in [6.45, 7) is 5.94. The molecule has 1 aromatic carbocycles. The minimum absolute atomic E-state index is 0.0748. The van der Waals surface area contributed by atoms with Gasteiger partial charge in [0.15, 0.2) is 5.75 Å². The van der Waals surface area contributed by atoms with E-state index in [-0.39, 0.29) is 30.6 Å². The number of benzene rings is 1. The quantitative estimate of drug-likeness (QED) is 0.734. The Bertz CT molecular complexity index is 874. The second kappa shape index (κ2) is 10.1. The van der Waals surface area contributed by atoms with Gasteiger partial charge < -0.3 is 19.6 Å². The lowest BCUT2D eigenvalue weighted by molar-refractivity contribution is 0.0343. The van der Waals surface area contributed by atoms with Gasteiger partial charge in [0.05, 0.1) is 23.9 Å². The van der Waals surface area contributed by atoms with E-state index in [1.54, 1.807) is 17.3 Å². The highest BCUT2D eigenvalue weighted by Gasteiger charge is 2.34. The molecule has 1 aliphatic rings. The van der Waals surface area contributed by atoms with Gasteiger partial charge in [-0.2, -0.15) is 0 Å². The average molecular weight is 427 g/mol. The van der Waals surface area contributed by atoms with Gasteiger partial charge in [-0.25, -0.2) is 0 Å². The molecule has 1 N–H and O–H groups in total. The molecule has 0 fully saturated rings. The molecule has 31 heavy (non-hydrogen) atoms. The fourth-order valence-corrected chi connectivity index (χ4v) is 3.97. The van der Waals surface area contributed by atoms with Crippen LogP contribution in [0.25, 0.3) is 0 Å². The molecule has 3 rings (SSSR count). The number of para-hydroxylation sites is 1. The fraction of sp³-hybridized carbons (Fsp3) is 0.500. The van der Waals surface area contributed by atoms with E-state index >= 15 is 0 Å². The van der Waals surface area contributed by atoms with Gasteiger partial charge in [0.2, 0.25) is 0 Å². The molecule has 2 aromatic rings. The SMILES string of the molecule is C[C@H](CO)N1C[C@H](C)[C@@H](CN(C)Cc2ccncc2)Oc2c(cccc2N(C)C)C1=O. The molecule has 0 saturated heterocycles. The molecule has 1 aliphatic heterocycles. The third-order valence-corrected chi connectivity index (χ3v) is 5.85. The van der Waals surface area contributed by atoms with E-state index in [1.807, 2.05) is 56.3 Å². The van der Waals surface area contributed by atoms with Crippen LogP contribution < -0.4 is 9.64 Å². The van der Waals surface area contributed by atoms with Crippen LogP contribution in [0.3, 0.4) is 0 Å². The second-order valence-electron chi connectivity index (χ2n) is 8.72. The topological polar surface area (TPSA) is 69.1 Å². The number of pyridine rings is 1. The first-order chi connectivity index (χ1) is 14.8. The van der Waals surface area contributed by atoms with E-state index in [2.05, 4.69) is 23.9 Å². The monoisotopic (exact) mass is 426 g/mol. The first kappa shape index (κ1) is 23.0. The van der Waals surface area contributed by atoms with Crippen molar-refractivity contribution < 1.29 is 14.6 Å². The van der Waals surface area contributed by atoms with Crippen LogP contribution in [0, 0.1) is 5.92 Å². The molecule has 0 spiro atoms. The maximum atomic E-state index is 13.4. The number of carbonyl (C=O) groups is 1. The van der Waals surface area contributed by atoms with Gasteiger partial charge in [-0.3, -0.25) is 14.7 Å². The summed E-state index contributed by atoms with van der Waals surface area (Å²) < 4.78 is 6.58. The summed E-state index contributed by atoms with van der Waals surface area (Å²) in [4.78, 5) is 23.5. The maximum Gasteiger partial charge on any atom is 0.258 e. The zero-order valence-corrected chi connectivity index (χ0v) is 19.2. The standard InChI is InChI=1S/C24H34N4O3/c1-17-13-28(18(2)16-29)24(30)20-7-6-8-21(26(3)4)23(20)31-22(17)15-27(5)14-19-9-11-25-12-10-19/h6-12,17-18,22,29H,13-16H2,1-5H3/t17-,18+,22+/m0/s1. The predicted molar refractivity (Wildman–Crippen MR) is 123 cm³/mol. The van der Waals surface area contributed by atoms with Gasteiger partial charge in [-0.15, -0.1) is 0 Å². The number of hydrogen-bond acceptors (Lipinski definition) is 6. The molecule has 0 bridgehead atoms. The summed E-state index contributed by atoms with van der Waals surface area (Å²) in [5, 5.41) is 9.77. The van der Waals surface area contributed by atoms with E-state index in [0.717, 1.165) is 12.2 Å². The van der Waals surface area contributed by atoms with Gasteiger partial charge >= 0.3 is 0 Å². The molecule has 3 atom stereocenters. The Morgan fingerprint density at radius 2 is 1.94 bits per heavy atom. The normalized spacial score (nSPS) is 20.0. The average Bonchev–Trinajstić information content (AvgIpc) is 2.75. The lowest BCUT2D eigenvalue weighted by Gasteiger charge is -2.39. The third kappa shape index (κ3) is 5.35. The number of carbonyl (C=O) groups excluding carboxylic acids is 1. The Kier molecular flexibility index (Phi) is 7.51. The van der Waals surface area contributed by atoms with Crippen LogP contribution in [0.1, 0.15) is 29.8 Å². The van der Waals surface area contributed by atoms with E-state index in [1.165, 1.54) is 5.56 Å². The van der Waals surface area contributed by atoms with Crippen molar-refractivity contribution in [3.8, 4) is 5.75 Å². The molecule has 2 heterocycles. The van der Waals surface area contributed by atoms with Crippen molar-refractivity contribution in [1.29, 1.82) is 0 Å². The smallest absolute Gasteiger partial charge is 0.258 e. The number of aliphatic hydroxyl groups is 1. The van der Waals surface area contributed by atoms with Gasteiger partial charge in [-0.1, -0.05) is 13.0 Å². The highest BCUT2D eigenvalue weighted by molar-refractivity contribution is 5.99. The molecule has 0 radical (unpaired) electrons. The van der Waals surface area contributed by atoms with E-state index in [4.69, 9.17) is 4.74 Å². The van der Waals surface area contributed by atoms with Crippen LogP contribution in [0.2, 0.25) is 0 Å². The van der Waals surface area contributed by atoms with Crippen LogP contribution in [-0.4, -0.2) is 78.8 Å². The Hall–Kier alpha value is -2.64. The van der Waals surface area contributed by atoms with E-state index in [0.29, 0.717) is 24.4 Å². The Morgan fingerprint density at radius 3 is 2.58 bits per heavy atom. The highest BCUT2D eigenvalue weighted by Crippen LogP contribution is 2.36. The number of nitrogens with zero attached hydrogens (tertiary/aromatic N) is 4. The van der Waals surface area contributed by atoms with Crippen LogP contribution in [0.4, 0.5) is 5.69 Å². The summed E-state index contributed by atoms with van der Waals surface area (Å²) in [6, 6.07) is 9.43. The highest BCUT2D eigenvalue weighted by atomic mass is 16.5. The van der Waals surface area contributed by atoms with E-state index < -0.39 is 0 Å². The van der Waals surface area contributed by atoms with Crippen LogP contribution in [-0.2, 0) is 6.54 Å². The van der Waals surface area contributed by atoms with Gasteiger partial charge in [0.25, 0.3) is 5.91 Å². The van der Waals surface area contributed by atoms with Crippen molar-refractivity contribution in [2.75, 3.05) is 45.7 Å². The van der Waals surface area contributed by atoms with Gasteiger partial charge in [0, 0.05) is 52.0 Å². The molecule has 7 nitrogen and oxygen atoms in total. The Morgan fingerprint density at radius 1 is 1.23 bits per heavy atom. The number of likely N-dealkylation sites (N-methyl/N-ethyl adjacent to an activating group) is 1. The van der Waals surface area contributed by atoms with Crippen molar-refractivity contribution in [2.24, 2.45) is 5.92 Å². The molecular weight excluding hydrogens is 392 g/mol. The predicted octanol–water partition coefficient (Wildman–Crippen LogP) is 2.50. The minimum Gasteiger partial charge on any atom is -0.486 e. The molecule has 0 saturated carbocycles. The maximum absolute atomic E-state index is 13.4. The van der Waals surface area contributed by atoms with Crippen molar-refractivity contribution in [3.63, 3.8) is 0 Å². The van der Waals surface area contributed by atoms with Crippen LogP contribution in [0.5, 0.6) is 5.75 Å². The first-order valence-electron chi connectivity index (χ1n) is 10.8. The second-order valence-corrected chi connectivity index (χ2v) is 8.72. The zero-order chi connectivity index (χ0) is 22.5. The number of hydrogen-bond donors (Lipinski definition) is 1. The van der Waals surface area contributed by atoms with Gasteiger partial charge in [0.1, 0.15) is 6.10 Å². The lowest BCUT2D eigenvalue weighted by atomic mass is 9.98. The fourth-order valence-electron chi connectivity index (χ4n) is 3.97. The molecule has 168 valence electrons. The number of ether oxygens (including phenoxy) is 1. The first-order valence-corrected chi connectivity index (χ1v) is 10.8. The zero-order valence-electron chi connectivity index (χ0n) is 19.2. The van der Waals surface area contributed by atoms with Crippen molar-refractivity contribution in [2.45, 2.75) is 32.5 Å². The number of fused-ring (bicyclic) bond motifs is 1. The number of amides is 1. The third-order valence-electron chi connectivity index (χ3n) is 5.85. The molecule has 7 heteroatoms. The molecule has 1 amide bonds. The Balaban J connectivity index is 1.94. The summed E-state index contributed by atoms with van der Waals surface area (Å²) in [5.41, 5.74) is 2.61.